The van der Waals surface area contributed by atoms with Gasteiger partial charge in [0.25, 0.3) is 5.91 Å². The van der Waals surface area contributed by atoms with Crippen molar-refractivity contribution in [1.29, 1.82) is 0 Å². The van der Waals surface area contributed by atoms with Crippen LogP contribution < -0.4 is 5.32 Å². The summed E-state index contributed by atoms with van der Waals surface area (Å²) in [5, 5.41) is 3.84. The molecule has 0 fully saturated rings. The summed E-state index contributed by atoms with van der Waals surface area (Å²) in [5.74, 6) is -0.560. The lowest BCUT2D eigenvalue weighted by Crippen LogP contribution is -2.16. The summed E-state index contributed by atoms with van der Waals surface area (Å²) in [6.07, 6.45) is 2.97. The number of nitrogens with zero attached hydrogens (tertiary/aromatic N) is 1. The number of rotatable bonds is 8. The summed E-state index contributed by atoms with van der Waals surface area (Å²) in [7, 11) is 0. The van der Waals surface area contributed by atoms with E-state index < -0.39 is 0 Å². The number of hydrogen-bond donors (Lipinski definition) is 1. The molecule has 4 aromatic rings. The normalized spacial score (nSPS) is 10.9. The Morgan fingerprint density at radius 1 is 0.917 bits per heavy atom. The minimum atomic E-state index is -0.349. The third kappa shape index (κ3) is 5.46. The molecule has 0 radical (unpaired) electrons. The van der Waals surface area contributed by atoms with E-state index in [1.165, 1.54) is 0 Å². The van der Waals surface area contributed by atoms with Crippen molar-refractivity contribution in [2.45, 2.75) is 47.0 Å². The average Bonchev–Trinajstić information content (AvgIpc) is 2.87. The molecule has 1 heterocycles. The van der Waals surface area contributed by atoms with E-state index >= 15 is 0 Å². The summed E-state index contributed by atoms with van der Waals surface area (Å²) in [6.45, 7) is 8.51. The summed E-state index contributed by atoms with van der Waals surface area (Å²) >= 11 is 0. The number of pyridine rings is 1. The number of fused-ring (bicyclic) bond motifs is 1. The van der Waals surface area contributed by atoms with E-state index in [9.17, 15) is 9.59 Å². The van der Waals surface area contributed by atoms with Crippen molar-refractivity contribution < 1.29 is 14.3 Å². The molecule has 184 valence electrons. The molecular formula is C31H32N2O3. The van der Waals surface area contributed by atoms with Crippen molar-refractivity contribution in [3.8, 4) is 11.3 Å². The fraction of sp³-hybridized carbons (Fsp3) is 0.258. The number of aromatic nitrogens is 1. The number of hydrogen-bond acceptors (Lipinski definition) is 4. The molecule has 1 amide bonds. The SMILES string of the molecule is CCCCCOC(=O)c1ccc(NC(=O)c2c(C)c(-c3ccccc3)nc3c(C)cc(C)cc23)cc1. The Morgan fingerprint density at radius 2 is 1.64 bits per heavy atom. The Labute approximate surface area is 212 Å². The van der Waals surface area contributed by atoms with Crippen LogP contribution in [-0.4, -0.2) is 23.5 Å². The van der Waals surface area contributed by atoms with Gasteiger partial charge in [-0.25, -0.2) is 9.78 Å². The highest BCUT2D eigenvalue weighted by atomic mass is 16.5. The van der Waals surface area contributed by atoms with Crippen molar-refractivity contribution in [3.05, 3.63) is 94.5 Å². The zero-order valence-corrected chi connectivity index (χ0v) is 21.4. The first-order valence-corrected chi connectivity index (χ1v) is 12.4. The van der Waals surface area contributed by atoms with Crippen LogP contribution in [0.2, 0.25) is 0 Å². The third-order valence-electron chi connectivity index (χ3n) is 6.30. The molecule has 0 saturated heterocycles. The van der Waals surface area contributed by atoms with Gasteiger partial charge in [0.1, 0.15) is 0 Å². The number of amides is 1. The molecule has 0 aliphatic carbocycles. The van der Waals surface area contributed by atoms with Crippen LogP contribution in [0.25, 0.3) is 22.2 Å². The van der Waals surface area contributed by atoms with Gasteiger partial charge in [0.05, 0.1) is 28.9 Å². The van der Waals surface area contributed by atoms with Crippen LogP contribution in [0.1, 0.15) is 63.6 Å². The molecule has 0 unspecified atom stereocenters. The second-order valence-electron chi connectivity index (χ2n) is 9.18. The fourth-order valence-corrected chi connectivity index (χ4v) is 4.47. The number of aryl methyl sites for hydroxylation is 2. The maximum Gasteiger partial charge on any atom is 0.338 e. The molecular weight excluding hydrogens is 448 g/mol. The molecule has 1 aromatic heterocycles. The quantitative estimate of drug-likeness (QED) is 0.210. The van der Waals surface area contributed by atoms with Crippen LogP contribution in [-0.2, 0) is 4.74 Å². The monoisotopic (exact) mass is 480 g/mol. The number of nitrogens with one attached hydrogen (secondary N) is 1. The predicted molar refractivity (Wildman–Crippen MR) is 146 cm³/mol. The number of benzene rings is 3. The fourth-order valence-electron chi connectivity index (χ4n) is 4.47. The Balaban J connectivity index is 1.65. The number of esters is 1. The largest absolute Gasteiger partial charge is 0.462 e. The van der Waals surface area contributed by atoms with Crippen LogP contribution in [0, 0.1) is 20.8 Å². The number of carbonyl (C=O) groups is 2. The summed E-state index contributed by atoms with van der Waals surface area (Å²) in [5.41, 5.74) is 7.17. The maximum absolute atomic E-state index is 13.6. The molecule has 0 atom stereocenters. The molecule has 0 aliphatic heterocycles. The third-order valence-corrected chi connectivity index (χ3v) is 6.30. The van der Waals surface area contributed by atoms with Gasteiger partial charge in [-0.05, 0) is 68.7 Å². The average molecular weight is 481 g/mol. The standard InChI is InChI=1S/C31H32N2O3/c1-5-6-10-17-36-31(35)24-13-15-25(16-14-24)32-30(34)27-22(4)29(23-11-8-7-9-12-23)33-28-21(3)18-20(2)19-26(27)28/h7-9,11-16,18-19H,5-6,10,17H2,1-4H3,(H,32,34). The van der Waals surface area contributed by atoms with Gasteiger partial charge in [0, 0.05) is 16.6 Å². The van der Waals surface area contributed by atoms with Gasteiger partial charge in [-0.3, -0.25) is 4.79 Å². The molecule has 1 N–H and O–H groups in total. The van der Waals surface area contributed by atoms with E-state index in [0.29, 0.717) is 23.4 Å². The predicted octanol–water partition coefficient (Wildman–Crippen LogP) is 7.43. The highest BCUT2D eigenvalue weighted by molar-refractivity contribution is 6.15. The van der Waals surface area contributed by atoms with Crippen LogP contribution in [0.4, 0.5) is 5.69 Å². The number of ether oxygens (including phenoxy) is 1. The van der Waals surface area contributed by atoms with Crippen molar-refractivity contribution in [3.63, 3.8) is 0 Å². The lowest BCUT2D eigenvalue weighted by molar-refractivity contribution is 0.0498. The van der Waals surface area contributed by atoms with E-state index in [1.807, 2.05) is 57.2 Å². The minimum absolute atomic E-state index is 0.211. The summed E-state index contributed by atoms with van der Waals surface area (Å²) in [4.78, 5) is 30.9. The zero-order valence-electron chi connectivity index (χ0n) is 21.4. The number of carbonyl (C=O) groups excluding carboxylic acids is 2. The van der Waals surface area contributed by atoms with E-state index in [0.717, 1.165) is 58.1 Å². The molecule has 36 heavy (non-hydrogen) atoms. The Hall–Kier alpha value is -3.99. The summed E-state index contributed by atoms with van der Waals surface area (Å²) in [6, 6.07) is 20.8. The first-order chi connectivity index (χ1) is 17.4. The van der Waals surface area contributed by atoms with Gasteiger partial charge >= 0.3 is 5.97 Å². The van der Waals surface area contributed by atoms with Crippen molar-refractivity contribution in [2.75, 3.05) is 11.9 Å². The molecule has 5 heteroatoms. The van der Waals surface area contributed by atoms with Crippen LogP contribution in [0.3, 0.4) is 0 Å². The van der Waals surface area contributed by atoms with E-state index in [1.54, 1.807) is 24.3 Å². The van der Waals surface area contributed by atoms with E-state index in [-0.39, 0.29) is 11.9 Å². The Bertz CT molecular complexity index is 1390. The lowest BCUT2D eigenvalue weighted by atomic mass is 9.94. The van der Waals surface area contributed by atoms with Gasteiger partial charge in [0.2, 0.25) is 0 Å². The Morgan fingerprint density at radius 3 is 2.33 bits per heavy atom. The minimum Gasteiger partial charge on any atom is -0.462 e. The van der Waals surface area contributed by atoms with Crippen LogP contribution in [0.5, 0.6) is 0 Å². The van der Waals surface area contributed by atoms with E-state index in [2.05, 4.69) is 18.3 Å². The molecule has 5 nitrogen and oxygen atoms in total. The maximum atomic E-state index is 13.6. The lowest BCUT2D eigenvalue weighted by Gasteiger charge is -2.17. The topological polar surface area (TPSA) is 68.3 Å². The van der Waals surface area contributed by atoms with Crippen LogP contribution >= 0.6 is 0 Å². The van der Waals surface area contributed by atoms with Gasteiger partial charge in [-0.15, -0.1) is 0 Å². The molecule has 4 rings (SSSR count). The first kappa shape index (κ1) is 25.1. The van der Waals surface area contributed by atoms with Crippen molar-refractivity contribution in [1.82, 2.24) is 4.98 Å². The van der Waals surface area contributed by atoms with Gasteiger partial charge in [-0.2, -0.15) is 0 Å². The molecule has 0 bridgehead atoms. The van der Waals surface area contributed by atoms with E-state index in [4.69, 9.17) is 9.72 Å². The zero-order chi connectivity index (χ0) is 25.7. The van der Waals surface area contributed by atoms with Crippen molar-refractivity contribution >= 4 is 28.5 Å². The van der Waals surface area contributed by atoms with Gasteiger partial charge in [0.15, 0.2) is 0 Å². The number of unbranched alkanes of at least 4 members (excludes halogenated alkanes) is 2. The smallest absolute Gasteiger partial charge is 0.338 e. The molecule has 0 saturated carbocycles. The highest BCUT2D eigenvalue weighted by Crippen LogP contribution is 2.32. The molecule has 3 aromatic carbocycles. The van der Waals surface area contributed by atoms with Crippen molar-refractivity contribution in [2.24, 2.45) is 0 Å². The second kappa shape index (κ2) is 11.2. The molecule has 0 aliphatic rings. The van der Waals surface area contributed by atoms with Crippen LogP contribution in [0.15, 0.2) is 66.7 Å². The van der Waals surface area contributed by atoms with Gasteiger partial charge < -0.3 is 10.1 Å². The Kier molecular flexibility index (Phi) is 7.79. The first-order valence-electron chi connectivity index (χ1n) is 12.4. The second-order valence-corrected chi connectivity index (χ2v) is 9.18. The molecule has 0 spiro atoms. The van der Waals surface area contributed by atoms with Gasteiger partial charge in [-0.1, -0.05) is 61.7 Å². The number of anilines is 1. The summed E-state index contributed by atoms with van der Waals surface area (Å²) < 4.78 is 5.33. The highest BCUT2D eigenvalue weighted by Gasteiger charge is 2.20.